The van der Waals surface area contributed by atoms with Crippen LogP contribution in [0.2, 0.25) is 0 Å². The van der Waals surface area contributed by atoms with Gasteiger partial charge in [-0.3, -0.25) is 4.72 Å². The highest BCUT2D eigenvalue weighted by atomic mass is 32.2. The Hall–Kier alpha value is -1.82. The van der Waals surface area contributed by atoms with E-state index in [0.29, 0.717) is 11.4 Å². The summed E-state index contributed by atoms with van der Waals surface area (Å²) in [6.45, 7) is 3.73. The van der Waals surface area contributed by atoms with Crippen molar-refractivity contribution in [1.29, 1.82) is 0 Å². The van der Waals surface area contributed by atoms with Crippen molar-refractivity contribution in [3.05, 3.63) is 41.7 Å². The average molecular weight is 333 g/mol. The van der Waals surface area contributed by atoms with Gasteiger partial charge < -0.3 is 0 Å². The fraction of sp³-hybridized carbons (Fsp3) is 0.471. The summed E-state index contributed by atoms with van der Waals surface area (Å²) in [5.74, 6) is 0. The normalized spacial score (nSPS) is 16.4. The quantitative estimate of drug-likeness (QED) is 0.930. The monoisotopic (exact) mass is 333 g/mol. The molecule has 124 valence electrons. The van der Waals surface area contributed by atoms with Crippen LogP contribution >= 0.6 is 0 Å². The molecule has 0 radical (unpaired) electrons. The van der Waals surface area contributed by atoms with E-state index in [4.69, 9.17) is 0 Å². The Morgan fingerprint density at radius 3 is 2.39 bits per heavy atom. The van der Waals surface area contributed by atoms with Gasteiger partial charge in [0.15, 0.2) is 0 Å². The van der Waals surface area contributed by atoms with Crippen LogP contribution in [0, 0.1) is 13.8 Å². The van der Waals surface area contributed by atoms with Crippen LogP contribution in [0.3, 0.4) is 0 Å². The molecule has 2 aromatic rings. The molecule has 0 unspecified atom stereocenters. The Labute approximate surface area is 137 Å². The molecule has 1 aromatic carbocycles. The van der Waals surface area contributed by atoms with E-state index in [1.165, 1.54) is 0 Å². The number of nitrogens with zero attached hydrogens (tertiary/aromatic N) is 2. The van der Waals surface area contributed by atoms with Crippen LogP contribution in [0.4, 0.5) is 5.69 Å². The Kier molecular flexibility index (Phi) is 4.43. The Morgan fingerprint density at radius 2 is 1.74 bits per heavy atom. The minimum absolute atomic E-state index is 0.282. The molecule has 0 bridgehead atoms. The van der Waals surface area contributed by atoms with E-state index >= 15 is 0 Å². The van der Waals surface area contributed by atoms with Gasteiger partial charge in [0.1, 0.15) is 0 Å². The number of nitrogens with one attached hydrogen (secondary N) is 1. The van der Waals surface area contributed by atoms with Crippen molar-refractivity contribution in [1.82, 2.24) is 9.78 Å². The van der Waals surface area contributed by atoms with Crippen molar-refractivity contribution in [2.75, 3.05) is 4.72 Å². The lowest BCUT2D eigenvalue weighted by atomic mass is 10.0. The molecule has 0 amide bonds. The number of rotatable bonds is 4. The molecular weight excluding hydrogens is 310 g/mol. The third-order valence-electron chi connectivity index (χ3n) is 4.53. The first-order valence-electron chi connectivity index (χ1n) is 8.12. The molecule has 1 heterocycles. The molecular formula is C17H23N3O2S. The summed E-state index contributed by atoms with van der Waals surface area (Å²) >= 11 is 0. The summed E-state index contributed by atoms with van der Waals surface area (Å²) in [6.07, 6.45) is 4.62. The second kappa shape index (κ2) is 6.35. The van der Waals surface area contributed by atoms with Crippen LogP contribution < -0.4 is 4.72 Å². The Morgan fingerprint density at radius 1 is 1.09 bits per heavy atom. The van der Waals surface area contributed by atoms with E-state index in [1.54, 1.807) is 4.68 Å². The number of hydrogen-bond donors (Lipinski definition) is 1. The Balaban J connectivity index is 1.90. The summed E-state index contributed by atoms with van der Waals surface area (Å²) < 4.78 is 29.9. The number of sulfonamides is 1. The zero-order valence-electron chi connectivity index (χ0n) is 13.6. The SMILES string of the molecule is Cc1nn(-c2ccccc2)c(C)c1NS(=O)(=O)C1CCCCC1. The van der Waals surface area contributed by atoms with Gasteiger partial charge in [0.2, 0.25) is 10.0 Å². The maximum absolute atomic E-state index is 12.7. The second-order valence-corrected chi connectivity index (χ2v) is 8.16. The topological polar surface area (TPSA) is 64.0 Å². The molecule has 23 heavy (non-hydrogen) atoms. The fourth-order valence-corrected chi connectivity index (χ4v) is 4.91. The molecule has 0 aliphatic heterocycles. The molecule has 1 fully saturated rings. The molecule has 1 aliphatic rings. The van der Waals surface area contributed by atoms with Crippen molar-refractivity contribution in [3.63, 3.8) is 0 Å². The third-order valence-corrected chi connectivity index (χ3v) is 6.37. The highest BCUT2D eigenvalue weighted by Crippen LogP contribution is 2.28. The first-order chi connectivity index (χ1) is 11.0. The molecule has 0 atom stereocenters. The highest BCUT2D eigenvalue weighted by molar-refractivity contribution is 7.93. The van der Waals surface area contributed by atoms with Gasteiger partial charge in [0, 0.05) is 0 Å². The maximum atomic E-state index is 12.7. The smallest absolute Gasteiger partial charge is 0.235 e. The molecule has 1 N–H and O–H groups in total. The van der Waals surface area contributed by atoms with E-state index in [0.717, 1.165) is 43.5 Å². The summed E-state index contributed by atoms with van der Waals surface area (Å²) in [5.41, 5.74) is 3.05. The molecule has 1 aromatic heterocycles. The number of aryl methyl sites for hydroxylation is 1. The molecule has 5 nitrogen and oxygen atoms in total. The predicted octanol–water partition coefficient (Wildman–Crippen LogP) is 3.56. The van der Waals surface area contributed by atoms with Crippen LogP contribution in [-0.4, -0.2) is 23.4 Å². The lowest BCUT2D eigenvalue weighted by Gasteiger charge is -2.22. The number of aromatic nitrogens is 2. The van der Waals surface area contributed by atoms with E-state index in [2.05, 4.69) is 9.82 Å². The van der Waals surface area contributed by atoms with Gasteiger partial charge in [-0.25, -0.2) is 13.1 Å². The highest BCUT2D eigenvalue weighted by Gasteiger charge is 2.29. The van der Waals surface area contributed by atoms with Crippen LogP contribution in [0.5, 0.6) is 0 Å². The molecule has 6 heteroatoms. The van der Waals surface area contributed by atoms with E-state index in [-0.39, 0.29) is 5.25 Å². The van der Waals surface area contributed by atoms with Crippen molar-refractivity contribution < 1.29 is 8.42 Å². The lowest BCUT2D eigenvalue weighted by molar-refractivity contribution is 0.486. The fourth-order valence-electron chi connectivity index (χ4n) is 3.21. The first kappa shape index (κ1) is 16.1. The molecule has 1 aliphatic carbocycles. The average Bonchev–Trinajstić information content (AvgIpc) is 2.84. The van der Waals surface area contributed by atoms with Crippen LogP contribution in [-0.2, 0) is 10.0 Å². The van der Waals surface area contributed by atoms with Crippen LogP contribution in [0.1, 0.15) is 43.5 Å². The lowest BCUT2D eigenvalue weighted by Crippen LogP contribution is -2.30. The van der Waals surface area contributed by atoms with Crippen molar-refractivity contribution >= 4 is 15.7 Å². The number of anilines is 1. The largest absolute Gasteiger partial charge is 0.280 e. The first-order valence-corrected chi connectivity index (χ1v) is 9.67. The molecule has 1 saturated carbocycles. The van der Waals surface area contributed by atoms with Gasteiger partial charge in [-0.15, -0.1) is 0 Å². The molecule has 0 spiro atoms. The summed E-state index contributed by atoms with van der Waals surface area (Å²) in [6, 6.07) is 9.74. The predicted molar refractivity (Wildman–Crippen MR) is 92.5 cm³/mol. The van der Waals surface area contributed by atoms with E-state index in [9.17, 15) is 8.42 Å². The minimum atomic E-state index is -3.35. The van der Waals surface area contributed by atoms with Gasteiger partial charge in [0.25, 0.3) is 0 Å². The van der Waals surface area contributed by atoms with Gasteiger partial charge in [-0.1, -0.05) is 37.5 Å². The van der Waals surface area contributed by atoms with Gasteiger partial charge in [0.05, 0.1) is 28.0 Å². The molecule has 3 rings (SSSR count). The zero-order valence-corrected chi connectivity index (χ0v) is 14.4. The van der Waals surface area contributed by atoms with E-state index in [1.807, 2.05) is 44.2 Å². The number of benzene rings is 1. The number of para-hydroxylation sites is 1. The summed E-state index contributed by atoms with van der Waals surface area (Å²) in [5, 5.41) is 4.22. The van der Waals surface area contributed by atoms with E-state index < -0.39 is 10.0 Å². The summed E-state index contributed by atoms with van der Waals surface area (Å²) in [7, 11) is -3.35. The van der Waals surface area contributed by atoms with Crippen molar-refractivity contribution in [2.24, 2.45) is 0 Å². The van der Waals surface area contributed by atoms with Gasteiger partial charge in [-0.2, -0.15) is 5.10 Å². The zero-order chi connectivity index (χ0) is 16.4. The minimum Gasteiger partial charge on any atom is -0.280 e. The third kappa shape index (κ3) is 3.27. The second-order valence-electron chi connectivity index (χ2n) is 6.20. The molecule has 0 saturated heterocycles. The van der Waals surface area contributed by atoms with Crippen molar-refractivity contribution in [2.45, 2.75) is 51.2 Å². The van der Waals surface area contributed by atoms with Crippen LogP contribution in [0.15, 0.2) is 30.3 Å². The summed E-state index contributed by atoms with van der Waals surface area (Å²) in [4.78, 5) is 0. The Bertz CT molecular complexity index is 776. The van der Waals surface area contributed by atoms with Gasteiger partial charge >= 0.3 is 0 Å². The standard InChI is InChI=1S/C17H23N3O2S/c1-13-17(19-23(21,22)16-11-7-4-8-12-16)14(2)20(18-13)15-9-5-3-6-10-15/h3,5-6,9-10,16,19H,4,7-8,11-12H2,1-2H3. The van der Waals surface area contributed by atoms with Crippen molar-refractivity contribution in [3.8, 4) is 5.69 Å². The number of hydrogen-bond acceptors (Lipinski definition) is 3. The van der Waals surface area contributed by atoms with Gasteiger partial charge in [-0.05, 0) is 38.8 Å². The maximum Gasteiger partial charge on any atom is 0.235 e. The van der Waals surface area contributed by atoms with Crippen LogP contribution in [0.25, 0.3) is 5.69 Å².